The molecule has 3 aromatic rings. The fourth-order valence-corrected chi connectivity index (χ4v) is 4.56. The molecule has 34 heavy (non-hydrogen) atoms. The van der Waals surface area contributed by atoms with Gasteiger partial charge in [0, 0.05) is 35.8 Å². The van der Waals surface area contributed by atoms with E-state index in [-0.39, 0.29) is 18.3 Å². The van der Waals surface area contributed by atoms with Gasteiger partial charge in [0.15, 0.2) is 0 Å². The molecule has 3 heterocycles. The quantitative estimate of drug-likeness (QED) is 0.580. The average Bonchev–Trinajstić information content (AvgIpc) is 3.33. The van der Waals surface area contributed by atoms with Crippen LogP contribution in [-0.4, -0.2) is 52.3 Å². The van der Waals surface area contributed by atoms with Gasteiger partial charge in [-0.15, -0.1) is 0 Å². The molecular weight excluding hydrogens is 442 g/mol. The lowest BCUT2D eigenvalue weighted by Crippen LogP contribution is -2.45. The molecule has 1 unspecified atom stereocenters. The molecule has 5 rings (SSSR count). The van der Waals surface area contributed by atoms with Crippen LogP contribution in [0.5, 0.6) is 0 Å². The van der Waals surface area contributed by atoms with Gasteiger partial charge in [0.1, 0.15) is 23.7 Å². The zero-order valence-electron chi connectivity index (χ0n) is 18.4. The Balaban J connectivity index is 1.28. The van der Waals surface area contributed by atoms with Gasteiger partial charge in [-0.3, -0.25) is 14.5 Å². The molecule has 2 aliphatic rings. The summed E-state index contributed by atoms with van der Waals surface area (Å²) >= 11 is 0. The Kier molecular flexibility index (Phi) is 5.19. The first-order valence-corrected chi connectivity index (χ1v) is 10.9. The minimum absolute atomic E-state index is 0.314. The molecule has 0 radical (unpaired) electrons. The van der Waals surface area contributed by atoms with E-state index in [0.29, 0.717) is 30.6 Å². The number of hydrogen-bond donors (Lipinski definition) is 2. The van der Waals surface area contributed by atoms with Crippen LogP contribution in [0.2, 0.25) is 0 Å². The molecule has 174 valence electrons. The number of benzene rings is 2. The van der Waals surface area contributed by atoms with Gasteiger partial charge in [-0.25, -0.2) is 13.6 Å². The number of nitrogens with zero attached hydrogens (tertiary/aromatic N) is 2. The summed E-state index contributed by atoms with van der Waals surface area (Å²) in [5.41, 5.74) is 1.78. The van der Waals surface area contributed by atoms with E-state index in [4.69, 9.17) is 0 Å². The zero-order chi connectivity index (χ0) is 24.0. The Labute approximate surface area is 194 Å². The van der Waals surface area contributed by atoms with Gasteiger partial charge in [0.25, 0.3) is 5.91 Å². The summed E-state index contributed by atoms with van der Waals surface area (Å²) in [5.74, 6) is -1.67. The molecule has 9 heteroatoms. The van der Waals surface area contributed by atoms with Crippen molar-refractivity contribution in [3.63, 3.8) is 0 Å². The van der Waals surface area contributed by atoms with Crippen LogP contribution in [0.1, 0.15) is 24.5 Å². The number of aromatic nitrogens is 1. The minimum atomic E-state index is -1.37. The number of hydrogen-bond acceptors (Lipinski definition) is 3. The summed E-state index contributed by atoms with van der Waals surface area (Å²) in [4.78, 5) is 44.0. The van der Waals surface area contributed by atoms with Crippen molar-refractivity contribution < 1.29 is 23.2 Å². The largest absolute Gasteiger partial charge is 0.360 e. The molecule has 0 spiro atoms. The third-order valence-electron chi connectivity index (χ3n) is 6.54. The van der Waals surface area contributed by atoms with E-state index in [0.717, 1.165) is 21.4 Å². The molecule has 2 aromatic carbocycles. The number of amides is 4. The molecule has 0 saturated carbocycles. The number of carbonyl (C=O) groups is 3. The number of fused-ring (bicyclic) bond motifs is 1. The lowest BCUT2D eigenvalue weighted by molar-refractivity contribution is -0.138. The second kappa shape index (κ2) is 8.09. The normalized spacial score (nSPS) is 20.6. The highest BCUT2D eigenvalue weighted by Gasteiger charge is 2.49. The summed E-state index contributed by atoms with van der Waals surface area (Å²) in [6.07, 6.45) is 4.35. The first kappa shape index (κ1) is 21.8. The lowest BCUT2D eigenvalue weighted by atomic mass is 9.92. The summed E-state index contributed by atoms with van der Waals surface area (Å²) in [7, 11) is 0. The topological polar surface area (TPSA) is 85.5 Å². The first-order valence-electron chi connectivity index (χ1n) is 10.9. The van der Waals surface area contributed by atoms with Gasteiger partial charge in [0.05, 0.1) is 0 Å². The maximum absolute atomic E-state index is 13.5. The van der Waals surface area contributed by atoms with Crippen molar-refractivity contribution in [1.29, 1.82) is 0 Å². The number of imide groups is 1. The van der Waals surface area contributed by atoms with Crippen molar-refractivity contribution in [2.45, 2.75) is 18.9 Å². The Morgan fingerprint density at radius 1 is 1.09 bits per heavy atom. The number of rotatable bonds is 4. The SMILES string of the molecule is CC1(c2ccc(F)cc2)NC(=O)N(CC(=O)N2CC=C(c3c[nH]c4cc(F)ccc34)CC2)C1=O. The Morgan fingerprint density at radius 2 is 1.82 bits per heavy atom. The predicted octanol–water partition coefficient (Wildman–Crippen LogP) is 3.53. The summed E-state index contributed by atoms with van der Waals surface area (Å²) < 4.78 is 26.7. The third-order valence-corrected chi connectivity index (χ3v) is 6.54. The van der Waals surface area contributed by atoms with Crippen LogP contribution in [0.4, 0.5) is 13.6 Å². The number of urea groups is 1. The number of aromatic amines is 1. The minimum Gasteiger partial charge on any atom is -0.360 e. The van der Waals surface area contributed by atoms with Crippen molar-refractivity contribution in [3.05, 3.63) is 77.5 Å². The van der Waals surface area contributed by atoms with Crippen LogP contribution in [0, 0.1) is 11.6 Å². The van der Waals surface area contributed by atoms with Crippen molar-refractivity contribution in [3.8, 4) is 0 Å². The van der Waals surface area contributed by atoms with Gasteiger partial charge in [-0.05, 0) is 54.8 Å². The van der Waals surface area contributed by atoms with Gasteiger partial charge in [-0.2, -0.15) is 0 Å². The van der Waals surface area contributed by atoms with E-state index in [1.807, 2.05) is 12.3 Å². The smallest absolute Gasteiger partial charge is 0.325 e. The molecule has 1 saturated heterocycles. The molecule has 2 aliphatic heterocycles. The molecule has 2 N–H and O–H groups in total. The highest BCUT2D eigenvalue weighted by Crippen LogP contribution is 2.31. The number of carbonyl (C=O) groups excluding carboxylic acids is 3. The average molecular weight is 464 g/mol. The van der Waals surface area contributed by atoms with Crippen LogP contribution in [0.25, 0.3) is 16.5 Å². The van der Waals surface area contributed by atoms with Crippen LogP contribution in [0.3, 0.4) is 0 Å². The van der Waals surface area contributed by atoms with E-state index in [1.165, 1.54) is 43.3 Å². The second-order valence-electron chi connectivity index (χ2n) is 8.66. The van der Waals surface area contributed by atoms with Crippen molar-refractivity contribution in [2.75, 3.05) is 19.6 Å². The fraction of sp³-hybridized carbons (Fsp3) is 0.240. The standard InChI is InChI=1S/C25H22F2N4O3/c1-25(16-2-4-17(26)5-3-16)23(33)31(24(34)29-25)14-22(32)30-10-8-15(9-11-30)20-13-28-21-12-18(27)6-7-19(20)21/h2-8,12-13,28H,9-11,14H2,1H3,(H,29,34). The predicted molar refractivity (Wildman–Crippen MR) is 121 cm³/mol. The van der Waals surface area contributed by atoms with Crippen LogP contribution in [-0.2, 0) is 15.1 Å². The summed E-state index contributed by atoms with van der Waals surface area (Å²) in [5, 5.41) is 3.53. The highest BCUT2D eigenvalue weighted by molar-refractivity contribution is 6.09. The van der Waals surface area contributed by atoms with Crippen LogP contribution < -0.4 is 5.32 Å². The van der Waals surface area contributed by atoms with Crippen LogP contribution >= 0.6 is 0 Å². The molecule has 1 aromatic heterocycles. The molecule has 7 nitrogen and oxygen atoms in total. The molecule has 4 amide bonds. The zero-order valence-corrected chi connectivity index (χ0v) is 18.4. The summed E-state index contributed by atoms with van der Waals surface area (Å²) in [6.45, 7) is 1.92. The molecule has 1 atom stereocenters. The van der Waals surface area contributed by atoms with Gasteiger partial charge < -0.3 is 15.2 Å². The first-order chi connectivity index (χ1) is 16.3. The second-order valence-corrected chi connectivity index (χ2v) is 8.66. The van der Waals surface area contributed by atoms with E-state index >= 15 is 0 Å². The Bertz CT molecular complexity index is 1350. The van der Waals surface area contributed by atoms with Gasteiger partial charge in [-0.1, -0.05) is 18.2 Å². The summed E-state index contributed by atoms with van der Waals surface area (Å²) in [6, 6.07) is 9.23. The highest BCUT2D eigenvalue weighted by atomic mass is 19.1. The van der Waals surface area contributed by atoms with Crippen molar-refractivity contribution in [1.82, 2.24) is 20.1 Å². The third kappa shape index (κ3) is 3.63. The van der Waals surface area contributed by atoms with E-state index in [9.17, 15) is 23.2 Å². The molecule has 0 bridgehead atoms. The Hall–Kier alpha value is -4.01. The lowest BCUT2D eigenvalue weighted by Gasteiger charge is -2.28. The van der Waals surface area contributed by atoms with Crippen molar-refractivity contribution >= 4 is 34.3 Å². The van der Waals surface area contributed by atoms with Crippen LogP contribution in [0.15, 0.2) is 54.7 Å². The van der Waals surface area contributed by atoms with Gasteiger partial charge >= 0.3 is 6.03 Å². The Morgan fingerprint density at radius 3 is 2.53 bits per heavy atom. The molecule has 1 fully saturated rings. The number of nitrogens with one attached hydrogen (secondary N) is 2. The van der Waals surface area contributed by atoms with E-state index < -0.39 is 23.3 Å². The number of H-pyrrole nitrogens is 1. The van der Waals surface area contributed by atoms with E-state index in [1.54, 1.807) is 11.0 Å². The van der Waals surface area contributed by atoms with Crippen molar-refractivity contribution in [2.24, 2.45) is 0 Å². The van der Waals surface area contributed by atoms with E-state index in [2.05, 4.69) is 10.3 Å². The fourth-order valence-electron chi connectivity index (χ4n) is 4.56. The maximum atomic E-state index is 13.5. The monoisotopic (exact) mass is 464 g/mol. The molecular formula is C25H22F2N4O3. The van der Waals surface area contributed by atoms with Gasteiger partial charge in [0.2, 0.25) is 5.91 Å². The number of halogens is 2. The maximum Gasteiger partial charge on any atom is 0.325 e. The molecule has 0 aliphatic carbocycles.